The van der Waals surface area contributed by atoms with Gasteiger partial charge in [0.1, 0.15) is 0 Å². The molecule has 1 atom stereocenters. The Morgan fingerprint density at radius 2 is 1.69 bits per heavy atom. The van der Waals surface area contributed by atoms with Crippen molar-refractivity contribution < 1.29 is 5.11 Å². The van der Waals surface area contributed by atoms with Gasteiger partial charge in [-0.05, 0) is 51.4 Å². The zero-order valence-electron chi connectivity index (χ0n) is 8.50. The van der Waals surface area contributed by atoms with Crippen molar-refractivity contribution in [3.8, 4) is 0 Å². The van der Waals surface area contributed by atoms with Crippen LogP contribution in [0.4, 0.5) is 0 Å². The molecule has 2 rings (SSSR count). The molecular formula is C11H21NO. The molecule has 2 aliphatic rings. The van der Waals surface area contributed by atoms with E-state index in [2.05, 4.69) is 12.2 Å². The van der Waals surface area contributed by atoms with Gasteiger partial charge in [0.05, 0.1) is 6.10 Å². The molecule has 0 bridgehead atoms. The highest BCUT2D eigenvalue weighted by molar-refractivity contribution is 4.87. The number of aliphatic hydroxyl groups is 1. The molecule has 0 radical (unpaired) electrons. The van der Waals surface area contributed by atoms with E-state index in [9.17, 15) is 5.11 Å². The maximum Gasteiger partial charge on any atom is 0.0541 e. The van der Waals surface area contributed by atoms with E-state index >= 15 is 0 Å². The Morgan fingerprint density at radius 1 is 1.08 bits per heavy atom. The molecule has 0 saturated heterocycles. The highest BCUT2D eigenvalue weighted by atomic mass is 16.3. The third kappa shape index (κ3) is 2.68. The van der Waals surface area contributed by atoms with Crippen LogP contribution < -0.4 is 5.32 Å². The van der Waals surface area contributed by atoms with Gasteiger partial charge in [-0.15, -0.1) is 0 Å². The van der Waals surface area contributed by atoms with Gasteiger partial charge in [0, 0.05) is 12.1 Å². The summed E-state index contributed by atoms with van der Waals surface area (Å²) < 4.78 is 0. The normalized spacial score (nSPS) is 37.4. The van der Waals surface area contributed by atoms with Gasteiger partial charge >= 0.3 is 0 Å². The van der Waals surface area contributed by atoms with Crippen LogP contribution in [0.3, 0.4) is 0 Å². The van der Waals surface area contributed by atoms with Crippen molar-refractivity contribution in [3.63, 3.8) is 0 Å². The van der Waals surface area contributed by atoms with E-state index in [1.54, 1.807) is 0 Å². The minimum Gasteiger partial charge on any atom is -0.393 e. The van der Waals surface area contributed by atoms with Crippen molar-refractivity contribution in [3.05, 3.63) is 0 Å². The first-order valence-corrected chi connectivity index (χ1v) is 5.70. The highest BCUT2D eigenvalue weighted by Crippen LogP contribution is 2.33. The Labute approximate surface area is 80.7 Å². The quantitative estimate of drug-likeness (QED) is 0.697. The van der Waals surface area contributed by atoms with Crippen LogP contribution in [0, 0.1) is 5.92 Å². The topological polar surface area (TPSA) is 32.3 Å². The van der Waals surface area contributed by atoms with Gasteiger partial charge in [-0.3, -0.25) is 0 Å². The average molecular weight is 183 g/mol. The van der Waals surface area contributed by atoms with Crippen molar-refractivity contribution in [1.29, 1.82) is 0 Å². The predicted octanol–water partition coefficient (Wildman–Crippen LogP) is 1.68. The van der Waals surface area contributed by atoms with E-state index in [1.807, 2.05) is 0 Å². The largest absolute Gasteiger partial charge is 0.393 e. The molecule has 0 aromatic heterocycles. The van der Waals surface area contributed by atoms with Gasteiger partial charge in [-0.2, -0.15) is 0 Å². The fourth-order valence-electron chi connectivity index (χ4n) is 2.35. The van der Waals surface area contributed by atoms with Crippen molar-refractivity contribution in [2.45, 2.75) is 63.6 Å². The minimum absolute atomic E-state index is 0.0192. The summed E-state index contributed by atoms with van der Waals surface area (Å²) in [6.07, 6.45) is 7.14. The second kappa shape index (κ2) is 3.97. The summed E-state index contributed by atoms with van der Waals surface area (Å²) >= 11 is 0. The number of aliphatic hydroxyl groups excluding tert-OH is 1. The second-order valence-corrected chi connectivity index (χ2v) is 4.80. The first-order chi connectivity index (χ1) is 6.25. The Bertz CT molecular complexity index is 159. The third-order valence-corrected chi connectivity index (χ3v) is 3.52. The molecule has 13 heavy (non-hydrogen) atoms. The monoisotopic (exact) mass is 183 g/mol. The minimum atomic E-state index is -0.0192. The standard InChI is InChI=1S/C11H21NO/c1-8(9-2-3-9)12-10-4-6-11(13)7-5-10/h8-13H,2-7H2,1H3. The molecule has 2 fully saturated rings. The van der Waals surface area contributed by atoms with Crippen molar-refractivity contribution in [1.82, 2.24) is 5.32 Å². The molecule has 0 spiro atoms. The van der Waals surface area contributed by atoms with Crippen LogP contribution in [-0.2, 0) is 0 Å². The van der Waals surface area contributed by atoms with E-state index in [4.69, 9.17) is 0 Å². The average Bonchev–Trinajstić information content (AvgIpc) is 2.91. The zero-order valence-corrected chi connectivity index (χ0v) is 8.50. The van der Waals surface area contributed by atoms with Crippen LogP contribution in [-0.4, -0.2) is 23.3 Å². The Morgan fingerprint density at radius 3 is 2.23 bits per heavy atom. The molecule has 0 aliphatic heterocycles. The van der Waals surface area contributed by atoms with Gasteiger partial charge in [-0.25, -0.2) is 0 Å². The van der Waals surface area contributed by atoms with E-state index in [-0.39, 0.29) is 6.10 Å². The van der Waals surface area contributed by atoms with E-state index in [1.165, 1.54) is 12.8 Å². The zero-order chi connectivity index (χ0) is 9.26. The van der Waals surface area contributed by atoms with Gasteiger partial charge in [0.15, 0.2) is 0 Å². The lowest BCUT2D eigenvalue weighted by atomic mass is 9.92. The van der Waals surface area contributed by atoms with Crippen molar-refractivity contribution >= 4 is 0 Å². The predicted molar refractivity (Wildman–Crippen MR) is 53.6 cm³/mol. The summed E-state index contributed by atoms with van der Waals surface area (Å²) in [5.74, 6) is 0.951. The molecule has 1 unspecified atom stereocenters. The smallest absolute Gasteiger partial charge is 0.0541 e. The molecule has 2 nitrogen and oxygen atoms in total. The summed E-state index contributed by atoms with van der Waals surface area (Å²) in [5.41, 5.74) is 0. The lowest BCUT2D eigenvalue weighted by molar-refractivity contribution is 0.114. The summed E-state index contributed by atoms with van der Waals surface area (Å²) in [6.45, 7) is 2.31. The van der Waals surface area contributed by atoms with Crippen molar-refractivity contribution in [2.75, 3.05) is 0 Å². The number of hydrogen-bond donors (Lipinski definition) is 2. The number of rotatable bonds is 3. The van der Waals surface area contributed by atoms with Gasteiger partial charge in [0.2, 0.25) is 0 Å². The Kier molecular flexibility index (Phi) is 2.89. The number of hydrogen-bond acceptors (Lipinski definition) is 2. The molecule has 2 aliphatic carbocycles. The maximum atomic E-state index is 9.35. The Balaban J connectivity index is 1.69. The molecule has 0 heterocycles. The highest BCUT2D eigenvalue weighted by Gasteiger charge is 2.30. The van der Waals surface area contributed by atoms with Gasteiger partial charge in [0.25, 0.3) is 0 Å². The van der Waals surface area contributed by atoms with Crippen molar-refractivity contribution in [2.24, 2.45) is 5.92 Å². The number of nitrogens with one attached hydrogen (secondary N) is 1. The van der Waals surface area contributed by atoms with Crippen LogP contribution in [0.1, 0.15) is 45.4 Å². The van der Waals surface area contributed by atoms with Crippen LogP contribution in [0.25, 0.3) is 0 Å². The van der Waals surface area contributed by atoms with E-state index in [0.29, 0.717) is 12.1 Å². The second-order valence-electron chi connectivity index (χ2n) is 4.80. The first-order valence-electron chi connectivity index (χ1n) is 5.70. The molecule has 0 aromatic carbocycles. The van der Waals surface area contributed by atoms with Crippen LogP contribution in [0.5, 0.6) is 0 Å². The van der Waals surface area contributed by atoms with E-state index < -0.39 is 0 Å². The fraction of sp³-hybridized carbons (Fsp3) is 1.00. The summed E-state index contributed by atoms with van der Waals surface area (Å²) in [7, 11) is 0. The van der Waals surface area contributed by atoms with Crippen LogP contribution in [0.2, 0.25) is 0 Å². The van der Waals surface area contributed by atoms with Crippen LogP contribution in [0.15, 0.2) is 0 Å². The summed E-state index contributed by atoms with van der Waals surface area (Å²) in [5, 5.41) is 13.0. The molecule has 2 N–H and O–H groups in total. The maximum absolute atomic E-state index is 9.35. The molecule has 0 aromatic rings. The van der Waals surface area contributed by atoms with Gasteiger partial charge in [-0.1, -0.05) is 0 Å². The van der Waals surface area contributed by atoms with Crippen LogP contribution >= 0.6 is 0 Å². The van der Waals surface area contributed by atoms with E-state index in [0.717, 1.165) is 31.6 Å². The van der Waals surface area contributed by atoms with Gasteiger partial charge < -0.3 is 10.4 Å². The SMILES string of the molecule is CC(NC1CCC(O)CC1)C1CC1. The summed E-state index contributed by atoms with van der Waals surface area (Å²) in [4.78, 5) is 0. The molecule has 2 heteroatoms. The fourth-order valence-corrected chi connectivity index (χ4v) is 2.35. The summed E-state index contributed by atoms with van der Waals surface area (Å²) in [6, 6.07) is 1.39. The first kappa shape index (κ1) is 9.47. The Hall–Kier alpha value is -0.0800. The lowest BCUT2D eigenvalue weighted by Gasteiger charge is -2.29. The molecule has 2 saturated carbocycles. The molecule has 76 valence electrons. The molecular weight excluding hydrogens is 162 g/mol. The third-order valence-electron chi connectivity index (χ3n) is 3.52. The molecule has 0 amide bonds. The lowest BCUT2D eigenvalue weighted by Crippen LogP contribution is -2.40.